The monoisotopic (exact) mass is 497 g/mol. The molecule has 9 heteroatoms. The molecule has 1 aliphatic heterocycles. The van der Waals surface area contributed by atoms with Crippen molar-refractivity contribution in [1.29, 1.82) is 5.26 Å². The number of aryl methyl sites for hydroxylation is 1. The Morgan fingerprint density at radius 1 is 1.05 bits per heavy atom. The van der Waals surface area contributed by atoms with Gasteiger partial charge >= 0.3 is 0 Å². The van der Waals surface area contributed by atoms with Crippen molar-refractivity contribution in [1.82, 2.24) is 24.6 Å². The lowest BCUT2D eigenvalue weighted by Crippen LogP contribution is -2.36. The van der Waals surface area contributed by atoms with Crippen LogP contribution in [0.25, 0.3) is 22.3 Å². The first-order chi connectivity index (χ1) is 18.1. The summed E-state index contributed by atoms with van der Waals surface area (Å²) in [5, 5.41) is 13.5. The Kier molecular flexibility index (Phi) is 7.19. The Morgan fingerprint density at radius 2 is 1.86 bits per heavy atom. The third kappa shape index (κ3) is 5.34. The van der Waals surface area contributed by atoms with Gasteiger partial charge in [0, 0.05) is 67.5 Å². The Bertz CT molecular complexity index is 1410. The quantitative estimate of drug-likeness (QED) is 0.332. The zero-order valence-electron chi connectivity index (χ0n) is 21.5. The Balaban J connectivity index is 1.53. The number of fused-ring (bicyclic) bond motifs is 1. The highest BCUT2D eigenvalue weighted by atomic mass is 16.5. The van der Waals surface area contributed by atoms with Crippen LogP contribution in [0.1, 0.15) is 19.3 Å². The largest absolute Gasteiger partial charge is 0.497 e. The summed E-state index contributed by atoms with van der Waals surface area (Å²) in [6.45, 7) is 2.59. The molecule has 0 unspecified atom stereocenters. The fourth-order valence-electron chi connectivity index (χ4n) is 4.97. The predicted octanol–water partition coefficient (Wildman–Crippen LogP) is 4.56. The van der Waals surface area contributed by atoms with E-state index in [1.165, 1.54) is 0 Å². The minimum Gasteiger partial charge on any atom is -0.497 e. The van der Waals surface area contributed by atoms with Gasteiger partial charge in [-0.15, -0.1) is 0 Å². The number of anilines is 2. The van der Waals surface area contributed by atoms with E-state index in [9.17, 15) is 5.26 Å². The number of nitrogens with zero attached hydrogens (tertiary/aromatic N) is 7. The van der Waals surface area contributed by atoms with E-state index < -0.39 is 0 Å². The minimum atomic E-state index is 0.316. The second-order valence-electron chi connectivity index (χ2n) is 9.25. The summed E-state index contributed by atoms with van der Waals surface area (Å²) in [5.41, 5.74) is 5.30. The smallest absolute Gasteiger partial charge is 0.124 e. The van der Waals surface area contributed by atoms with Gasteiger partial charge in [0.25, 0.3) is 0 Å². The Morgan fingerprint density at radius 3 is 2.57 bits per heavy atom. The van der Waals surface area contributed by atoms with E-state index in [1.807, 2.05) is 37.5 Å². The molecule has 0 radical (unpaired) electrons. The first kappa shape index (κ1) is 24.5. The molecule has 2 aromatic heterocycles. The molecule has 0 bridgehead atoms. The predicted molar refractivity (Wildman–Crippen MR) is 143 cm³/mol. The zero-order chi connectivity index (χ0) is 25.8. The molecule has 5 rings (SSSR count). The maximum Gasteiger partial charge on any atom is 0.124 e. The summed E-state index contributed by atoms with van der Waals surface area (Å²) >= 11 is 0. The molecular formula is C28H31N7O2. The van der Waals surface area contributed by atoms with Gasteiger partial charge < -0.3 is 14.4 Å². The van der Waals surface area contributed by atoms with E-state index in [4.69, 9.17) is 14.5 Å². The number of aromatic nitrogens is 4. The van der Waals surface area contributed by atoms with Crippen molar-refractivity contribution in [2.75, 3.05) is 38.8 Å². The van der Waals surface area contributed by atoms with Gasteiger partial charge in [-0.25, -0.2) is 4.98 Å². The van der Waals surface area contributed by atoms with Crippen molar-refractivity contribution in [3.8, 4) is 28.8 Å². The van der Waals surface area contributed by atoms with Crippen molar-refractivity contribution in [2.45, 2.75) is 25.3 Å². The molecule has 190 valence electrons. The molecule has 3 heterocycles. The Hall–Kier alpha value is -4.16. The normalized spacial score (nSPS) is 15.6. The summed E-state index contributed by atoms with van der Waals surface area (Å²) in [5.74, 6) is 1.45. The fourth-order valence-corrected chi connectivity index (χ4v) is 4.97. The van der Waals surface area contributed by atoms with Gasteiger partial charge in [-0.3, -0.25) is 14.6 Å². The van der Waals surface area contributed by atoms with Crippen LogP contribution in [-0.4, -0.2) is 64.5 Å². The molecule has 2 aromatic carbocycles. The fraction of sp³-hybridized carbons (Fsp3) is 0.357. The average molecular weight is 498 g/mol. The van der Waals surface area contributed by atoms with Crippen molar-refractivity contribution in [2.24, 2.45) is 7.05 Å². The van der Waals surface area contributed by atoms with E-state index >= 15 is 0 Å². The van der Waals surface area contributed by atoms with E-state index in [0.29, 0.717) is 12.5 Å². The van der Waals surface area contributed by atoms with Gasteiger partial charge in [-0.1, -0.05) is 0 Å². The number of likely N-dealkylation sites (tertiary alicyclic amines) is 1. The van der Waals surface area contributed by atoms with Crippen LogP contribution in [0.2, 0.25) is 0 Å². The highest BCUT2D eigenvalue weighted by Gasteiger charge is 2.25. The number of ether oxygens (including phenoxy) is 2. The molecule has 37 heavy (non-hydrogen) atoms. The first-order valence-electron chi connectivity index (χ1n) is 12.5. The lowest BCUT2D eigenvalue weighted by Gasteiger charge is -2.30. The number of nitriles is 1. The number of hydrogen-bond donors (Lipinski definition) is 0. The van der Waals surface area contributed by atoms with Crippen molar-refractivity contribution >= 4 is 22.4 Å². The van der Waals surface area contributed by atoms with Crippen LogP contribution in [-0.2, 0) is 7.05 Å². The molecule has 1 saturated heterocycles. The highest BCUT2D eigenvalue weighted by molar-refractivity contribution is 5.82. The first-order valence-corrected chi connectivity index (χ1v) is 12.5. The van der Waals surface area contributed by atoms with Crippen LogP contribution in [0.15, 0.2) is 55.0 Å². The van der Waals surface area contributed by atoms with Gasteiger partial charge in [0.1, 0.15) is 11.5 Å². The van der Waals surface area contributed by atoms with Crippen molar-refractivity contribution in [3.63, 3.8) is 0 Å². The van der Waals surface area contributed by atoms with Crippen LogP contribution in [0.3, 0.4) is 0 Å². The molecule has 0 spiro atoms. The van der Waals surface area contributed by atoms with Crippen LogP contribution >= 0.6 is 0 Å². The molecule has 0 saturated carbocycles. The summed E-state index contributed by atoms with van der Waals surface area (Å²) in [6, 6.07) is 14.7. The highest BCUT2D eigenvalue weighted by Crippen LogP contribution is 2.34. The van der Waals surface area contributed by atoms with Gasteiger partial charge in [-0.2, -0.15) is 10.4 Å². The molecule has 0 aliphatic carbocycles. The van der Waals surface area contributed by atoms with Crippen LogP contribution < -0.4 is 14.4 Å². The van der Waals surface area contributed by atoms with Crippen LogP contribution in [0.4, 0.5) is 11.4 Å². The summed E-state index contributed by atoms with van der Waals surface area (Å²) in [4.78, 5) is 14.2. The average Bonchev–Trinajstić information content (AvgIpc) is 3.57. The number of methoxy groups -OCH3 is 2. The molecular weight excluding hydrogens is 466 g/mol. The molecule has 0 amide bonds. The van der Waals surface area contributed by atoms with Crippen molar-refractivity contribution < 1.29 is 9.47 Å². The molecule has 1 aliphatic rings. The molecule has 9 nitrogen and oxygen atoms in total. The SMILES string of the molecule is COc1cc(OC)cc(N(CCN2CCC[C@H]2CC#N)c2ccc3ncc(-c4cnn(C)c4)nc3c2)c1. The third-order valence-corrected chi connectivity index (χ3v) is 6.92. The molecule has 1 fully saturated rings. The van der Waals surface area contributed by atoms with E-state index in [-0.39, 0.29) is 0 Å². The summed E-state index contributed by atoms with van der Waals surface area (Å²) in [6.07, 6.45) is 8.28. The zero-order valence-corrected chi connectivity index (χ0v) is 21.5. The van der Waals surface area contributed by atoms with Gasteiger partial charge in [-0.05, 0) is 37.6 Å². The van der Waals surface area contributed by atoms with E-state index in [1.54, 1.807) is 31.3 Å². The second kappa shape index (κ2) is 10.8. The number of rotatable bonds is 9. The van der Waals surface area contributed by atoms with Gasteiger partial charge in [0.2, 0.25) is 0 Å². The standard InChI is InChI=1S/C28H31N7O2/c1-33-19-20(17-31-33)28-18-30-26-7-6-22(15-27(26)32-28)35(12-11-34-10-4-5-21(34)8-9-29)23-13-24(36-2)16-25(14-23)37-3/h6-7,13-19,21H,4-5,8,10-12H2,1-3H3/t21-/m0/s1. The lowest BCUT2D eigenvalue weighted by molar-refractivity contribution is 0.263. The summed E-state index contributed by atoms with van der Waals surface area (Å²) < 4.78 is 12.9. The Labute approximate surface area is 216 Å². The second-order valence-corrected chi connectivity index (χ2v) is 9.25. The third-order valence-electron chi connectivity index (χ3n) is 6.92. The van der Waals surface area contributed by atoms with Crippen molar-refractivity contribution in [3.05, 3.63) is 55.0 Å². The van der Waals surface area contributed by atoms with E-state index in [0.717, 1.165) is 77.6 Å². The number of benzene rings is 2. The lowest BCUT2D eigenvalue weighted by atomic mass is 10.1. The number of hydrogen-bond acceptors (Lipinski definition) is 8. The topological polar surface area (TPSA) is 92.3 Å². The molecule has 4 aromatic rings. The van der Waals surface area contributed by atoms with E-state index in [2.05, 4.69) is 38.1 Å². The van der Waals surface area contributed by atoms with Gasteiger partial charge in [0.15, 0.2) is 0 Å². The maximum atomic E-state index is 9.27. The maximum absolute atomic E-state index is 9.27. The van der Waals surface area contributed by atoms with Crippen LogP contribution in [0, 0.1) is 11.3 Å². The summed E-state index contributed by atoms with van der Waals surface area (Å²) in [7, 11) is 5.20. The minimum absolute atomic E-state index is 0.316. The van der Waals surface area contributed by atoms with Gasteiger partial charge in [0.05, 0.1) is 55.8 Å². The van der Waals surface area contributed by atoms with Crippen LogP contribution in [0.5, 0.6) is 11.5 Å². The molecule has 0 N–H and O–H groups in total. The molecule has 1 atom stereocenters.